The molecule has 176 valence electrons. The van der Waals surface area contributed by atoms with Crippen LogP contribution >= 0.6 is 0 Å². The standard InChI is InChI=1S/C36H28Si.Na/c1-5-13-29-25(9-1)17-21-33(29)37(34-22-18-26-10-2-6-14-30(26)34,35-23-19-27-11-3-7-15-31(27)35)36-24-20-28-12-4-8-16-32(28)36;/h1-24,33-36H;/q;+1. The third-order valence-corrected chi connectivity index (χ3v) is 15.7. The van der Waals surface area contributed by atoms with Crippen LogP contribution in [-0.2, 0) is 0 Å². The molecule has 4 aromatic rings. The van der Waals surface area contributed by atoms with Gasteiger partial charge in [0, 0.05) is 22.2 Å². The Bertz CT molecular complexity index is 1420. The summed E-state index contributed by atoms with van der Waals surface area (Å²) in [6.45, 7) is 0. The van der Waals surface area contributed by atoms with Crippen LogP contribution in [0.15, 0.2) is 121 Å². The summed E-state index contributed by atoms with van der Waals surface area (Å²) in [6.07, 6.45) is 19.9. The van der Waals surface area contributed by atoms with Gasteiger partial charge in [-0.3, -0.25) is 0 Å². The Morgan fingerprint density at radius 1 is 0.342 bits per heavy atom. The van der Waals surface area contributed by atoms with Crippen molar-refractivity contribution in [1.82, 2.24) is 0 Å². The van der Waals surface area contributed by atoms with Gasteiger partial charge in [0.1, 0.15) is 0 Å². The molecule has 4 atom stereocenters. The number of rotatable bonds is 4. The number of hydrogen-bond acceptors (Lipinski definition) is 0. The van der Waals surface area contributed by atoms with E-state index >= 15 is 0 Å². The third kappa shape index (κ3) is 3.33. The summed E-state index contributed by atoms with van der Waals surface area (Å²) in [5.41, 5.74) is 13.3. The first-order chi connectivity index (χ1) is 18.4. The van der Waals surface area contributed by atoms with Crippen molar-refractivity contribution in [2.24, 2.45) is 0 Å². The van der Waals surface area contributed by atoms with E-state index in [2.05, 4.69) is 146 Å². The van der Waals surface area contributed by atoms with Crippen LogP contribution in [-0.4, -0.2) is 8.07 Å². The molecule has 0 nitrogen and oxygen atoms in total. The van der Waals surface area contributed by atoms with Gasteiger partial charge in [-0.1, -0.05) is 146 Å². The molecule has 0 N–H and O–H groups in total. The van der Waals surface area contributed by atoms with Gasteiger partial charge in [0.25, 0.3) is 0 Å². The summed E-state index contributed by atoms with van der Waals surface area (Å²) < 4.78 is 0. The minimum atomic E-state index is -2.42. The topological polar surface area (TPSA) is 0 Å². The van der Waals surface area contributed by atoms with Crippen molar-refractivity contribution in [3.05, 3.63) is 166 Å². The Kier molecular flexibility index (Phi) is 5.94. The molecular formula is C36H28NaSi+. The van der Waals surface area contributed by atoms with Gasteiger partial charge < -0.3 is 0 Å². The van der Waals surface area contributed by atoms with E-state index in [4.69, 9.17) is 0 Å². The normalized spacial score (nSPS) is 24.4. The molecule has 38 heavy (non-hydrogen) atoms. The maximum absolute atomic E-state index is 2.58. The van der Waals surface area contributed by atoms with E-state index in [-0.39, 0.29) is 29.6 Å². The Balaban J connectivity index is 0.00000242. The van der Waals surface area contributed by atoms with E-state index < -0.39 is 8.07 Å². The molecule has 4 unspecified atom stereocenters. The van der Waals surface area contributed by atoms with Crippen LogP contribution in [0.5, 0.6) is 0 Å². The van der Waals surface area contributed by atoms with Gasteiger partial charge in [0.15, 0.2) is 0 Å². The molecule has 0 saturated carbocycles. The fourth-order valence-corrected chi connectivity index (χ4v) is 15.1. The van der Waals surface area contributed by atoms with Crippen LogP contribution in [0.3, 0.4) is 0 Å². The molecule has 0 heterocycles. The number of hydrogen-bond donors (Lipinski definition) is 0. The molecule has 0 aromatic heterocycles. The maximum Gasteiger partial charge on any atom is 1.00 e. The molecule has 0 bridgehead atoms. The van der Waals surface area contributed by atoms with Crippen LogP contribution in [0.2, 0.25) is 0 Å². The average Bonchev–Trinajstić information content (AvgIpc) is 3.75. The van der Waals surface area contributed by atoms with Crippen molar-refractivity contribution in [2.75, 3.05) is 0 Å². The first kappa shape index (κ1) is 24.1. The monoisotopic (exact) mass is 511 g/mol. The summed E-state index contributed by atoms with van der Waals surface area (Å²) in [5.74, 6) is 0. The summed E-state index contributed by atoms with van der Waals surface area (Å²) in [7, 11) is -2.42. The van der Waals surface area contributed by atoms with Gasteiger partial charge in [-0.05, 0) is 44.5 Å². The van der Waals surface area contributed by atoms with Crippen molar-refractivity contribution in [3.8, 4) is 0 Å². The number of allylic oxidation sites excluding steroid dienone is 4. The van der Waals surface area contributed by atoms with Crippen molar-refractivity contribution in [2.45, 2.75) is 22.2 Å². The largest absolute Gasteiger partial charge is 1.00 e. The van der Waals surface area contributed by atoms with E-state index in [0.29, 0.717) is 22.2 Å². The maximum atomic E-state index is 2.58. The van der Waals surface area contributed by atoms with Crippen LogP contribution in [0.1, 0.15) is 66.7 Å². The molecule has 2 heteroatoms. The Morgan fingerprint density at radius 2 is 0.579 bits per heavy atom. The molecule has 4 aliphatic rings. The van der Waals surface area contributed by atoms with Gasteiger partial charge in [0.05, 0.1) is 8.07 Å². The molecule has 4 aromatic carbocycles. The molecule has 4 aliphatic carbocycles. The SMILES string of the molecule is C1=CC([Si](C2C=Cc3ccccc32)(C2C=Cc3ccccc32)C2C=Cc3ccccc32)c2ccccc21.[Na+]. The Hall–Kier alpha value is -2.94. The third-order valence-electron chi connectivity index (χ3n) is 9.35. The zero-order chi connectivity index (χ0) is 24.4. The van der Waals surface area contributed by atoms with Gasteiger partial charge in [-0.2, -0.15) is 0 Å². The van der Waals surface area contributed by atoms with Gasteiger partial charge in [-0.15, -0.1) is 0 Å². The van der Waals surface area contributed by atoms with E-state index in [1.165, 1.54) is 44.5 Å². The number of fused-ring (bicyclic) bond motifs is 4. The molecule has 0 saturated heterocycles. The average molecular weight is 512 g/mol. The van der Waals surface area contributed by atoms with E-state index in [9.17, 15) is 0 Å². The molecule has 0 fully saturated rings. The second kappa shape index (κ2) is 9.36. The Morgan fingerprint density at radius 3 is 0.842 bits per heavy atom. The van der Waals surface area contributed by atoms with Crippen LogP contribution in [0, 0.1) is 0 Å². The predicted octanol–water partition coefficient (Wildman–Crippen LogP) is 5.84. The summed E-state index contributed by atoms with van der Waals surface area (Å²) in [4.78, 5) is 0. The molecule has 0 amide bonds. The first-order valence-corrected chi connectivity index (χ1v) is 15.7. The minimum absolute atomic E-state index is 0. The van der Waals surface area contributed by atoms with Crippen LogP contribution in [0.4, 0.5) is 0 Å². The zero-order valence-corrected chi connectivity index (χ0v) is 24.7. The number of benzene rings is 4. The first-order valence-electron chi connectivity index (χ1n) is 13.4. The van der Waals surface area contributed by atoms with Crippen LogP contribution < -0.4 is 29.6 Å². The zero-order valence-electron chi connectivity index (χ0n) is 21.7. The molecule has 0 spiro atoms. The second-order valence-corrected chi connectivity index (χ2v) is 15.4. The summed E-state index contributed by atoms with van der Waals surface area (Å²) in [6, 6.07) is 36.6. The predicted molar refractivity (Wildman–Crippen MR) is 159 cm³/mol. The summed E-state index contributed by atoms with van der Waals surface area (Å²) in [5, 5.41) is 0. The van der Waals surface area contributed by atoms with E-state index in [0.717, 1.165) is 0 Å². The van der Waals surface area contributed by atoms with Crippen LogP contribution in [0.25, 0.3) is 24.3 Å². The quantitative estimate of drug-likeness (QED) is 0.302. The van der Waals surface area contributed by atoms with E-state index in [1.54, 1.807) is 0 Å². The molecular weight excluding hydrogens is 483 g/mol. The molecule has 0 radical (unpaired) electrons. The fraction of sp³-hybridized carbons (Fsp3) is 0.111. The smallest absolute Gasteiger partial charge is 0.0790 e. The van der Waals surface area contributed by atoms with Crippen molar-refractivity contribution >= 4 is 32.4 Å². The van der Waals surface area contributed by atoms with Gasteiger partial charge in [-0.25, -0.2) is 0 Å². The molecule has 0 aliphatic heterocycles. The minimum Gasteiger partial charge on any atom is -0.0790 e. The Labute approximate surface area is 248 Å². The van der Waals surface area contributed by atoms with Gasteiger partial charge in [0.2, 0.25) is 0 Å². The van der Waals surface area contributed by atoms with Crippen molar-refractivity contribution in [1.29, 1.82) is 0 Å². The summed E-state index contributed by atoms with van der Waals surface area (Å²) >= 11 is 0. The van der Waals surface area contributed by atoms with Crippen molar-refractivity contribution in [3.63, 3.8) is 0 Å². The van der Waals surface area contributed by atoms with Crippen molar-refractivity contribution < 1.29 is 29.6 Å². The fourth-order valence-electron chi connectivity index (χ4n) is 7.90. The van der Waals surface area contributed by atoms with Gasteiger partial charge >= 0.3 is 29.6 Å². The van der Waals surface area contributed by atoms with E-state index in [1.807, 2.05) is 0 Å². The second-order valence-electron chi connectivity index (χ2n) is 10.9. The molecule has 8 rings (SSSR count).